The third kappa shape index (κ3) is 6.47. The first-order valence-corrected chi connectivity index (χ1v) is 14.9. The molecule has 0 aromatic heterocycles. The molecule has 10 heteroatoms. The molecule has 0 spiro atoms. The second-order valence-electron chi connectivity index (χ2n) is 9.48. The summed E-state index contributed by atoms with van der Waals surface area (Å²) in [7, 11) is -3.92. The Balaban J connectivity index is 1.26. The van der Waals surface area contributed by atoms with Crippen LogP contribution >= 0.6 is 23.2 Å². The van der Waals surface area contributed by atoms with Gasteiger partial charge in [0.15, 0.2) is 5.78 Å². The van der Waals surface area contributed by atoms with Gasteiger partial charge in [-0.05, 0) is 65.2 Å². The summed E-state index contributed by atoms with van der Waals surface area (Å²) in [5, 5.41) is 1.88. The predicted octanol–water partition coefficient (Wildman–Crippen LogP) is 6.24. The zero-order chi connectivity index (χ0) is 28.3. The predicted molar refractivity (Wildman–Crippen MR) is 157 cm³/mol. The minimum atomic E-state index is -3.92. The van der Waals surface area contributed by atoms with Crippen molar-refractivity contribution in [3.05, 3.63) is 106 Å². The van der Waals surface area contributed by atoms with Crippen molar-refractivity contribution < 1.29 is 22.7 Å². The smallest absolute Gasteiger partial charge is 0.261 e. The fraction of sp³-hybridized carbons (Fsp3) is 0.200. The highest BCUT2D eigenvalue weighted by molar-refractivity contribution is 7.92. The Morgan fingerprint density at radius 3 is 2.27 bits per heavy atom. The van der Waals surface area contributed by atoms with Crippen molar-refractivity contribution in [2.45, 2.75) is 17.7 Å². The van der Waals surface area contributed by atoms with E-state index in [-0.39, 0.29) is 26.6 Å². The van der Waals surface area contributed by atoms with Crippen molar-refractivity contribution >= 4 is 61.4 Å². The topological polar surface area (TPSA) is 92.8 Å². The number of ether oxygens (including phenoxy) is 1. The number of carbonyl (C=O) groups excluding carboxylic acids is 2. The highest BCUT2D eigenvalue weighted by atomic mass is 35.5. The number of Topliss-reactive ketones (excluding diaryl/α,β-unsaturated/α-hetero) is 1. The van der Waals surface area contributed by atoms with Crippen molar-refractivity contribution in [1.82, 2.24) is 4.90 Å². The minimum absolute atomic E-state index is 0.0142. The van der Waals surface area contributed by atoms with Gasteiger partial charge in [0.2, 0.25) is 0 Å². The van der Waals surface area contributed by atoms with Gasteiger partial charge in [-0.15, -0.1) is 0 Å². The molecule has 0 atom stereocenters. The Kier molecular flexibility index (Phi) is 8.42. The number of halogens is 2. The average molecular weight is 598 g/mol. The molecule has 1 aliphatic heterocycles. The summed E-state index contributed by atoms with van der Waals surface area (Å²) in [6.45, 7) is 2.28. The highest BCUT2D eigenvalue weighted by Crippen LogP contribution is 2.28. The Hall–Kier alpha value is -3.43. The summed E-state index contributed by atoms with van der Waals surface area (Å²) < 4.78 is 33.6. The van der Waals surface area contributed by atoms with E-state index in [0.717, 1.165) is 16.3 Å². The van der Waals surface area contributed by atoms with Crippen LogP contribution in [0.1, 0.15) is 32.7 Å². The number of nitrogens with zero attached hydrogens (tertiary/aromatic N) is 1. The van der Waals surface area contributed by atoms with Crippen LogP contribution in [0.4, 0.5) is 5.69 Å². The SMILES string of the molecule is O=C(CCc1ccc(C(=O)N2CCOCC2)cc1)c1cccc2cc(NS(=O)(=O)c3cc(Cl)cc(Cl)c3)ccc12. The van der Waals surface area contributed by atoms with Crippen LogP contribution in [0, 0.1) is 0 Å². The quantitative estimate of drug-likeness (QED) is 0.243. The number of ketones is 1. The van der Waals surface area contributed by atoms with Gasteiger partial charge in [0.1, 0.15) is 0 Å². The third-order valence-corrected chi connectivity index (χ3v) is 8.52. The lowest BCUT2D eigenvalue weighted by Gasteiger charge is -2.26. The Bertz CT molecular complexity index is 1660. The van der Waals surface area contributed by atoms with Crippen molar-refractivity contribution in [3.8, 4) is 0 Å². The van der Waals surface area contributed by atoms with Crippen LogP contribution in [0.15, 0.2) is 83.8 Å². The molecular formula is C30H26Cl2N2O5S. The van der Waals surface area contributed by atoms with Crippen molar-refractivity contribution in [1.29, 1.82) is 0 Å². The molecule has 1 saturated heterocycles. The molecule has 40 heavy (non-hydrogen) atoms. The molecule has 1 N–H and O–H groups in total. The van der Waals surface area contributed by atoms with Gasteiger partial charge in [-0.3, -0.25) is 14.3 Å². The Morgan fingerprint density at radius 1 is 0.875 bits per heavy atom. The Morgan fingerprint density at radius 2 is 1.57 bits per heavy atom. The van der Waals surface area contributed by atoms with E-state index in [1.165, 1.54) is 18.2 Å². The van der Waals surface area contributed by atoms with E-state index in [0.29, 0.717) is 56.0 Å². The number of amides is 1. The summed E-state index contributed by atoms with van der Waals surface area (Å²) >= 11 is 11.9. The van der Waals surface area contributed by atoms with Crippen LogP contribution in [0.3, 0.4) is 0 Å². The maximum absolute atomic E-state index is 13.2. The molecule has 1 amide bonds. The molecule has 5 rings (SSSR count). The normalized spacial score (nSPS) is 13.8. The number of benzene rings is 4. The van der Waals surface area contributed by atoms with Gasteiger partial charge in [0.25, 0.3) is 15.9 Å². The van der Waals surface area contributed by atoms with Gasteiger partial charge in [0.05, 0.1) is 18.1 Å². The van der Waals surface area contributed by atoms with Gasteiger partial charge in [-0.1, -0.05) is 59.6 Å². The molecule has 1 heterocycles. The summed E-state index contributed by atoms with van der Waals surface area (Å²) in [6, 6.07) is 21.9. The van der Waals surface area contributed by atoms with Crippen molar-refractivity contribution in [2.75, 3.05) is 31.0 Å². The molecular weight excluding hydrogens is 571 g/mol. The molecule has 0 aliphatic carbocycles. The maximum atomic E-state index is 13.2. The molecule has 4 aromatic rings. The molecule has 1 aliphatic rings. The lowest BCUT2D eigenvalue weighted by Crippen LogP contribution is -2.40. The number of hydrogen-bond donors (Lipinski definition) is 1. The fourth-order valence-corrected chi connectivity index (χ4v) is 6.42. The first kappa shape index (κ1) is 28.1. The molecule has 0 saturated carbocycles. The van der Waals surface area contributed by atoms with Gasteiger partial charge in [-0.25, -0.2) is 8.42 Å². The van der Waals surface area contributed by atoms with Crippen LogP contribution in [-0.4, -0.2) is 51.3 Å². The third-order valence-electron chi connectivity index (χ3n) is 6.72. The minimum Gasteiger partial charge on any atom is -0.378 e. The van der Waals surface area contributed by atoms with Gasteiger partial charge < -0.3 is 9.64 Å². The molecule has 0 radical (unpaired) electrons. The van der Waals surface area contributed by atoms with E-state index >= 15 is 0 Å². The zero-order valence-electron chi connectivity index (χ0n) is 21.4. The van der Waals surface area contributed by atoms with Crippen LogP contribution in [-0.2, 0) is 21.2 Å². The highest BCUT2D eigenvalue weighted by Gasteiger charge is 2.19. The van der Waals surface area contributed by atoms with E-state index in [2.05, 4.69) is 4.72 Å². The molecule has 1 fully saturated rings. The maximum Gasteiger partial charge on any atom is 0.261 e. The van der Waals surface area contributed by atoms with Crippen molar-refractivity contribution in [2.24, 2.45) is 0 Å². The van der Waals surface area contributed by atoms with Gasteiger partial charge >= 0.3 is 0 Å². The summed E-state index contributed by atoms with van der Waals surface area (Å²) in [5.74, 6) is -0.0410. The largest absolute Gasteiger partial charge is 0.378 e. The van der Waals surface area contributed by atoms with Gasteiger partial charge in [-0.2, -0.15) is 0 Å². The molecule has 0 unspecified atom stereocenters. The lowest BCUT2D eigenvalue weighted by atomic mass is 9.97. The van der Waals surface area contributed by atoms with E-state index in [4.69, 9.17) is 27.9 Å². The first-order chi connectivity index (χ1) is 19.2. The number of nitrogens with one attached hydrogen (secondary N) is 1. The molecule has 206 valence electrons. The van der Waals surface area contributed by atoms with Crippen LogP contribution in [0.2, 0.25) is 10.0 Å². The standard InChI is InChI=1S/C30H26Cl2N2O5S/c31-23-17-24(32)19-26(18-23)40(37,38)33-25-9-10-27-22(16-25)2-1-3-28(27)29(35)11-6-20-4-7-21(8-5-20)30(36)34-12-14-39-15-13-34/h1-5,7-10,16-19,33H,6,11-15H2. The van der Waals surface area contributed by atoms with Crippen molar-refractivity contribution in [3.63, 3.8) is 0 Å². The monoisotopic (exact) mass is 596 g/mol. The molecule has 0 bridgehead atoms. The summed E-state index contributed by atoms with van der Waals surface area (Å²) in [6.07, 6.45) is 0.821. The van der Waals surface area contributed by atoms with E-state index in [1.807, 2.05) is 18.2 Å². The number of hydrogen-bond acceptors (Lipinski definition) is 5. The van der Waals surface area contributed by atoms with E-state index in [1.54, 1.807) is 47.4 Å². The number of rotatable bonds is 8. The lowest BCUT2D eigenvalue weighted by molar-refractivity contribution is 0.0303. The van der Waals surface area contributed by atoms with Crippen LogP contribution in [0.25, 0.3) is 10.8 Å². The number of morpholine rings is 1. The van der Waals surface area contributed by atoms with Crippen LogP contribution in [0.5, 0.6) is 0 Å². The van der Waals surface area contributed by atoms with E-state index in [9.17, 15) is 18.0 Å². The van der Waals surface area contributed by atoms with Gasteiger partial charge in [0, 0.05) is 46.4 Å². The molecule has 4 aromatic carbocycles. The molecule has 7 nitrogen and oxygen atoms in total. The first-order valence-electron chi connectivity index (χ1n) is 12.7. The number of anilines is 1. The number of carbonyl (C=O) groups is 2. The van der Waals surface area contributed by atoms with Crippen LogP contribution < -0.4 is 4.72 Å². The Labute approximate surface area is 242 Å². The fourth-order valence-electron chi connectivity index (χ4n) is 4.64. The summed E-state index contributed by atoms with van der Waals surface area (Å²) in [5.41, 5.74) is 2.49. The second-order valence-corrected chi connectivity index (χ2v) is 12.0. The number of aryl methyl sites for hydroxylation is 1. The average Bonchev–Trinajstić information content (AvgIpc) is 2.95. The summed E-state index contributed by atoms with van der Waals surface area (Å²) in [4.78, 5) is 27.6. The second kappa shape index (κ2) is 12.0. The zero-order valence-corrected chi connectivity index (χ0v) is 23.7. The van der Waals surface area contributed by atoms with E-state index < -0.39 is 10.0 Å². The number of fused-ring (bicyclic) bond motifs is 1. The number of sulfonamides is 1.